The fraction of sp³-hybridized carbons (Fsp3) is 0.111. The van der Waals surface area contributed by atoms with Crippen LogP contribution in [0.15, 0.2) is 34.8 Å². The fourth-order valence-corrected chi connectivity index (χ4v) is 0.832. The van der Waals surface area contributed by atoms with E-state index in [9.17, 15) is 4.39 Å². The molecule has 0 aromatic heterocycles. The molecular weight excluding hydrogens is 214 g/mol. The van der Waals surface area contributed by atoms with Gasteiger partial charge in [0, 0.05) is 5.54 Å². The Bertz CT molecular complexity index is 295. The average molecular weight is 221 g/mol. The molecule has 0 N–H and O–H groups in total. The molecule has 0 aliphatic rings. The molecule has 1 aromatic carbocycles. The van der Waals surface area contributed by atoms with E-state index in [1.54, 1.807) is 0 Å². The average Bonchev–Trinajstić information content (AvgIpc) is 2.16. The first-order valence-corrected chi connectivity index (χ1v) is 4.37. The second-order valence-corrected chi connectivity index (χ2v) is 3.00. The Balaban J connectivity index is 2.51. The van der Waals surface area contributed by atoms with Crippen molar-refractivity contribution < 1.29 is 9.13 Å². The monoisotopic (exact) mass is 220 g/mol. The van der Waals surface area contributed by atoms with E-state index in [-0.39, 0.29) is 12.4 Å². The predicted octanol–water partition coefficient (Wildman–Crippen LogP) is 3.52. The molecule has 1 rings (SSSR count). The van der Waals surface area contributed by atoms with E-state index in [2.05, 4.69) is 0 Å². The van der Waals surface area contributed by atoms with E-state index in [1.807, 2.05) is 0 Å². The molecule has 0 radical (unpaired) electrons. The lowest BCUT2D eigenvalue weighted by Gasteiger charge is -2.03. The summed E-state index contributed by atoms with van der Waals surface area (Å²) in [5.41, 5.74) is 1.23. The standard InChI is InChI=1S/C9H7Cl2FO/c10-5-7(11)6-13-9-3-1-8(12)2-4-9/h1-5H,6H2. The lowest BCUT2D eigenvalue weighted by Crippen LogP contribution is -1.96. The summed E-state index contributed by atoms with van der Waals surface area (Å²) >= 11 is 10.9. The maximum Gasteiger partial charge on any atom is 0.125 e. The first kappa shape index (κ1) is 10.4. The van der Waals surface area contributed by atoms with Crippen LogP contribution in [-0.4, -0.2) is 6.61 Å². The second-order valence-electron chi connectivity index (χ2n) is 2.30. The molecule has 0 atom stereocenters. The molecule has 0 aliphatic carbocycles. The van der Waals surface area contributed by atoms with Crippen LogP contribution in [0.25, 0.3) is 0 Å². The van der Waals surface area contributed by atoms with Gasteiger partial charge in [-0.15, -0.1) is 0 Å². The fourth-order valence-electron chi connectivity index (χ4n) is 0.715. The van der Waals surface area contributed by atoms with Gasteiger partial charge in [-0.2, -0.15) is 0 Å². The van der Waals surface area contributed by atoms with E-state index in [0.29, 0.717) is 10.8 Å². The molecule has 0 fully saturated rings. The largest absolute Gasteiger partial charge is 0.488 e. The molecule has 0 aliphatic heterocycles. The van der Waals surface area contributed by atoms with Crippen molar-refractivity contribution in [3.63, 3.8) is 0 Å². The van der Waals surface area contributed by atoms with Crippen LogP contribution in [0, 0.1) is 5.82 Å². The zero-order valence-electron chi connectivity index (χ0n) is 6.64. The zero-order valence-corrected chi connectivity index (χ0v) is 8.15. The quantitative estimate of drug-likeness (QED) is 0.758. The summed E-state index contributed by atoms with van der Waals surface area (Å²) in [6.45, 7) is 0.191. The first-order chi connectivity index (χ1) is 6.22. The summed E-state index contributed by atoms with van der Waals surface area (Å²) in [5.74, 6) is 0.254. The van der Waals surface area contributed by atoms with Crippen LogP contribution in [0.5, 0.6) is 5.75 Å². The van der Waals surface area contributed by atoms with Gasteiger partial charge in [-0.1, -0.05) is 23.2 Å². The third-order valence-electron chi connectivity index (χ3n) is 1.31. The van der Waals surface area contributed by atoms with Crippen molar-refractivity contribution in [3.8, 4) is 5.75 Å². The lowest BCUT2D eigenvalue weighted by atomic mass is 10.3. The van der Waals surface area contributed by atoms with Crippen molar-refractivity contribution in [1.82, 2.24) is 0 Å². The van der Waals surface area contributed by atoms with E-state index in [0.717, 1.165) is 0 Å². The minimum absolute atomic E-state index is 0.191. The molecule has 70 valence electrons. The molecule has 1 nitrogen and oxygen atoms in total. The Kier molecular flexibility index (Phi) is 4.06. The van der Waals surface area contributed by atoms with Gasteiger partial charge < -0.3 is 4.74 Å². The van der Waals surface area contributed by atoms with Gasteiger partial charge in [0.2, 0.25) is 0 Å². The van der Waals surface area contributed by atoms with Gasteiger partial charge in [-0.05, 0) is 24.3 Å². The van der Waals surface area contributed by atoms with Crippen LogP contribution in [0.2, 0.25) is 0 Å². The van der Waals surface area contributed by atoms with Crippen molar-refractivity contribution in [2.75, 3.05) is 6.61 Å². The van der Waals surface area contributed by atoms with Gasteiger partial charge >= 0.3 is 0 Å². The van der Waals surface area contributed by atoms with Gasteiger partial charge in [-0.3, -0.25) is 0 Å². The molecule has 0 spiro atoms. The Morgan fingerprint density at radius 3 is 2.54 bits per heavy atom. The molecule has 0 amide bonds. The van der Waals surface area contributed by atoms with Crippen LogP contribution < -0.4 is 4.74 Å². The van der Waals surface area contributed by atoms with Crippen molar-refractivity contribution >= 4 is 23.2 Å². The number of halogens is 3. The second kappa shape index (κ2) is 5.10. The van der Waals surface area contributed by atoms with Crippen LogP contribution in [-0.2, 0) is 0 Å². The highest BCUT2D eigenvalue weighted by Crippen LogP contribution is 2.13. The predicted molar refractivity (Wildman–Crippen MR) is 51.7 cm³/mol. The minimum Gasteiger partial charge on any atom is -0.488 e. The molecule has 0 saturated heterocycles. The third kappa shape index (κ3) is 3.66. The summed E-state index contributed by atoms with van der Waals surface area (Å²) in [6.07, 6.45) is 0. The zero-order chi connectivity index (χ0) is 9.68. The molecule has 1 aromatic rings. The number of ether oxygens (including phenoxy) is 1. The third-order valence-corrected chi connectivity index (χ3v) is 1.90. The molecule has 4 heteroatoms. The van der Waals surface area contributed by atoms with Gasteiger partial charge in [0.25, 0.3) is 0 Å². The number of benzene rings is 1. The van der Waals surface area contributed by atoms with Gasteiger partial charge in [0.05, 0.1) is 5.03 Å². The molecule has 0 saturated carbocycles. The highest BCUT2D eigenvalue weighted by Gasteiger charge is 1.95. The maximum atomic E-state index is 12.4. The Hall–Kier alpha value is -0.730. The van der Waals surface area contributed by atoms with Gasteiger partial charge in [0.15, 0.2) is 0 Å². The summed E-state index contributed by atoms with van der Waals surface area (Å²) < 4.78 is 17.6. The lowest BCUT2D eigenvalue weighted by molar-refractivity contribution is 0.358. The van der Waals surface area contributed by atoms with E-state index >= 15 is 0 Å². The van der Waals surface area contributed by atoms with Crippen LogP contribution in [0.1, 0.15) is 0 Å². The first-order valence-electron chi connectivity index (χ1n) is 3.55. The number of rotatable bonds is 3. The van der Waals surface area contributed by atoms with Gasteiger partial charge in [0.1, 0.15) is 18.2 Å². The van der Waals surface area contributed by atoms with E-state index < -0.39 is 0 Å². The molecule has 0 unspecified atom stereocenters. The summed E-state index contributed by atoms with van der Waals surface area (Å²) in [5, 5.41) is 0.394. The Morgan fingerprint density at radius 2 is 2.00 bits per heavy atom. The number of hydrogen-bond acceptors (Lipinski definition) is 1. The maximum absolute atomic E-state index is 12.4. The SMILES string of the molecule is Fc1ccc(OCC(Cl)=CCl)cc1. The van der Waals surface area contributed by atoms with Crippen molar-refractivity contribution in [2.45, 2.75) is 0 Å². The normalized spacial score (nSPS) is 11.5. The topological polar surface area (TPSA) is 9.23 Å². The minimum atomic E-state index is -0.300. The van der Waals surface area contributed by atoms with E-state index in [1.165, 1.54) is 29.8 Å². The summed E-state index contributed by atoms with van der Waals surface area (Å²) in [7, 11) is 0. The molecule has 0 heterocycles. The molecule has 13 heavy (non-hydrogen) atoms. The van der Waals surface area contributed by atoms with Crippen molar-refractivity contribution in [3.05, 3.63) is 40.7 Å². The van der Waals surface area contributed by atoms with Gasteiger partial charge in [-0.25, -0.2) is 4.39 Å². The summed E-state index contributed by atoms with van der Waals surface area (Å²) in [6, 6.07) is 5.67. The highest BCUT2D eigenvalue weighted by atomic mass is 35.5. The Labute approximate surface area is 85.7 Å². The van der Waals surface area contributed by atoms with Crippen LogP contribution in [0.3, 0.4) is 0 Å². The smallest absolute Gasteiger partial charge is 0.125 e. The van der Waals surface area contributed by atoms with Crippen molar-refractivity contribution in [2.24, 2.45) is 0 Å². The van der Waals surface area contributed by atoms with E-state index in [4.69, 9.17) is 27.9 Å². The number of hydrogen-bond donors (Lipinski definition) is 0. The highest BCUT2D eigenvalue weighted by molar-refractivity contribution is 6.36. The van der Waals surface area contributed by atoms with Crippen LogP contribution in [0.4, 0.5) is 4.39 Å². The molecular formula is C9H7Cl2FO. The van der Waals surface area contributed by atoms with Crippen molar-refractivity contribution in [1.29, 1.82) is 0 Å². The summed E-state index contributed by atoms with van der Waals surface area (Å²) in [4.78, 5) is 0. The molecule has 0 bridgehead atoms. The Morgan fingerprint density at radius 1 is 1.38 bits per heavy atom. The van der Waals surface area contributed by atoms with Crippen LogP contribution >= 0.6 is 23.2 Å².